The van der Waals surface area contributed by atoms with Crippen molar-refractivity contribution in [3.8, 4) is 0 Å². The van der Waals surface area contributed by atoms with E-state index in [-0.39, 0.29) is 25.2 Å². The number of aliphatic hydroxyl groups excluding tert-OH is 1. The van der Waals surface area contributed by atoms with Crippen molar-refractivity contribution in [2.45, 2.75) is 57.1 Å². The van der Waals surface area contributed by atoms with E-state index < -0.39 is 5.54 Å². The van der Waals surface area contributed by atoms with Gasteiger partial charge in [0.15, 0.2) is 0 Å². The van der Waals surface area contributed by atoms with Crippen molar-refractivity contribution in [3.63, 3.8) is 0 Å². The Morgan fingerprint density at radius 2 is 2.15 bits per heavy atom. The molecule has 1 aliphatic carbocycles. The fourth-order valence-corrected chi connectivity index (χ4v) is 3.44. The van der Waals surface area contributed by atoms with Crippen LogP contribution in [0.5, 0.6) is 0 Å². The van der Waals surface area contributed by atoms with Gasteiger partial charge in [0.05, 0.1) is 18.2 Å². The van der Waals surface area contributed by atoms with E-state index in [1.807, 2.05) is 0 Å². The number of piperidine rings is 1. The SMILES string of the molecule is CC1CCCC(CO)(NC(=O)COC2CCNCC2)C1. The highest BCUT2D eigenvalue weighted by molar-refractivity contribution is 5.78. The summed E-state index contributed by atoms with van der Waals surface area (Å²) in [4.78, 5) is 12.1. The maximum absolute atomic E-state index is 12.1. The van der Waals surface area contributed by atoms with Crippen LogP contribution in [0.1, 0.15) is 45.4 Å². The van der Waals surface area contributed by atoms with Gasteiger partial charge in [-0.25, -0.2) is 0 Å². The van der Waals surface area contributed by atoms with Gasteiger partial charge in [-0.05, 0) is 44.7 Å². The Hall–Kier alpha value is -0.650. The molecular formula is C15H28N2O3. The molecule has 1 aliphatic heterocycles. The number of amides is 1. The lowest BCUT2D eigenvalue weighted by Crippen LogP contribution is -2.55. The number of hydrogen-bond donors (Lipinski definition) is 3. The van der Waals surface area contributed by atoms with Gasteiger partial charge in [0.25, 0.3) is 0 Å². The Morgan fingerprint density at radius 1 is 1.40 bits per heavy atom. The molecule has 1 amide bonds. The molecule has 2 aliphatic rings. The monoisotopic (exact) mass is 284 g/mol. The normalized spacial score (nSPS) is 32.0. The summed E-state index contributed by atoms with van der Waals surface area (Å²) in [5, 5.41) is 16.0. The summed E-state index contributed by atoms with van der Waals surface area (Å²) in [7, 11) is 0. The molecule has 116 valence electrons. The highest BCUT2D eigenvalue weighted by Gasteiger charge is 2.35. The molecule has 20 heavy (non-hydrogen) atoms. The van der Waals surface area contributed by atoms with E-state index in [4.69, 9.17) is 4.74 Å². The van der Waals surface area contributed by atoms with Gasteiger partial charge in [0.1, 0.15) is 6.61 Å². The molecule has 3 N–H and O–H groups in total. The van der Waals surface area contributed by atoms with E-state index >= 15 is 0 Å². The van der Waals surface area contributed by atoms with Gasteiger partial charge in [-0.2, -0.15) is 0 Å². The summed E-state index contributed by atoms with van der Waals surface area (Å²) in [6.45, 7) is 4.24. The number of aliphatic hydroxyl groups is 1. The zero-order valence-electron chi connectivity index (χ0n) is 12.5. The summed E-state index contributed by atoms with van der Waals surface area (Å²) in [6.07, 6.45) is 6.11. The van der Waals surface area contributed by atoms with Crippen LogP contribution in [0.4, 0.5) is 0 Å². The second-order valence-corrected chi connectivity index (χ2v) is 6.45. The van der Waals surface area contributed by atoms with Crippen LogP contribution in [0.15, 0.2) is 0 Å². The molecule has 1 heterocycles. The van der Waals surface area contributed by atoms with E-state index in [0.29, 0.717) is 5.92 Å². The summed E-state index contributed by atoms with van der Waals surface area (Å²) >= 11 is 0. The van der Waals surface area contributed by atoms with E-state index in [0.717, 1.165) is 45.2 Å². The highest BCUT2D eigenvalue weighted by atomic mass is 16.5. The lowest BCUT2D eigenvalue weighted by Gasteiger charge is -2.39. The van der Waals surface area contributed by atoms with Gasteiger partial charge < -0.3 is 20.5 Å². The molecule has 2 fully saturated rings. The summed E-state index contributed by atoms with van der Waals surface area (Å²) < 4.78 is 5.67. The summed E-state index contributed by atoms with van der Waals surface area (Å²) in [5.74, 6) is 0.466. The molecule has 2 unspecified atom stereocenters. The second-order valence-electron chi connectivity index (χ2n) is 6.45. The van der Waals surface area contributed by atoms with Crippen LogP contribution in [0, 0.1) is 5.92 Å². The van der Waals surface area contributed by atoms with E-state index in [2.05, 4.69) is 17.6 Å². The van der Waals surface area contributed by atoms with Gasteiger partial charge in [0.2, 0.25) is 5.91 Å². The first-order chi connectivity index (χ1) is 9.63. The van der Waals surface area contributed by atoms with Crippen molar-refractivity contribution >= 4 is 5.91 Å². The fourth-order valence-electron chi connectivity index (χ4n) is 3.44. The Balaban J connectivity index is 1.76. The maximum Gasteiger partial charge on any atom is 0.246 e. The molecule has 2 rings (SSSR count). The van der Waals surface area contributed by atoms with Gasteiger partial charge >= 0.3 is 0 Å². The predicted molar refractivity (Wildman–Crippen MR) is 77.4 cm³/mol. The summed E-state index contributed by atoms with van der Waals surface area (Å²) in [6, 6.07) is 0. The molecule has 0 aromatic heterocycles. The third-order valence-corrected chi connectivity index (χ3v) is 4.54. The molecule has 0 spiro atoms. The quantitative estimate of drug-likeness (QED) is 0.699. The van der Waals surface area contributed by atoms with Crippen LogP contribution in [0.2, 0.25) is 0 Å². The first-order valence-electron chi connectivity index (χ1n) is 7.88. The maximum atomic E-state index is 12.1. The molecule has 1 saturated heterocycles. The Kier molecular flexibility index (Phi) is 5.81. The van der Waals surface area contributed by atoms with Crippen molar-refractivity contribution in [1.82, 2.24) is 10.6 Å². The van der Waals surface area contributed by atoms with Crippen LogP contribution in [0.25, 0.3) is 0 Å². The van der Waals surface area contributed by atoms with Crippen molar-refractivity contribution in [1.29, 1.82) is 0 Å². The molecule has 0 radical (unpaired) electrons. The third-order valence-electron chi connectivity index (χ3n) is 4.54. The highest BCUT2D eigenvalue weighted by Crippen LogP contribution is 2.31. The Morgan fingerprint density at radius 3 is 2.80 bits per heavy atom. The molecule has 5 heteroatoms. The van der Waals surface area contributed by atoms with E-state index in [1.54, 1.807) is 0 Å². The van der Waals surface area contributed by atoms with Crippen molar-refractivity contribution < 1.29 is 14.6 Å². The first-order valence-corrected chi connectivity index (χ1v) is 7.88. The van der Waals surface area contributed by atoms with Gasteiger partial charge in [0, 0.05) is 0 Å². The van der Waals surface area contributed by atoms with E-state index in [1.165, 1.54) is 6.42 Å². The number of carbonyl (C=O) groups is 1. The Labute approximate surface area is 121 Å². The predicted octanol–water partition coefficient (Wildman–Crippen LogP) is 0.812. The molecular weight excluding hydrogens is 256 g/mol. The van der Waals surface area contributed by atoms with Crippen LogP contribution in [-0.4, -0.2) is 49.0 Å². The molecule has 0 aromatic carbocycles. The van der Waals surface area contributed by atoms with Gasteiger partial charge in [-0.3, -0.25) is 4.79 Å². The van der Waals surface area contributed by atoms with Gasteiger partial charge in [-0.15, -0.1) is 0 Å². The zero-order chi connectivity index (χ0) is 14.4. The van der Waals surface area contributed by atoms with Crippen LogP contribution in [0.3, 0.4) is 0 Å². The average molecular weight is 284 g/mol. The van der Waals surface area contributed by atoms with E-state index in [9.17, 15) is 9.90 Å². The first kappa shape index (κ1) is 15.7. The standard InChI is InChI=1S/C15H28N2O3/c1-12-3-2-6-15(9-12,11-18)17-14(19)10-20-13-4-7-16-8-5-13/h12-13,16,18H,2-11H2,1H3,(H,17,19). The van der Waals surface area contributed by atoms with Crippen molar-refractivity contribution in [2.24, 2.45) is 5.92 Å². The molecule has 2 atom stereocenters. The van der Waals surface area contributed by atoms with Crippen LogP contribution >= 0.6 is 0 Å². The number of carbonyl (C=O) groups excluding carboxylic acids is 1. The molecule has 0 aromatic rings. The Bertz CT molecular complexity index is 318. The smallest absolute Gasteiger partial charge is 0.246 e. The minimum absolute atomic E-state index is 0.0242. The number of rotatable bonds is 5. The zero-order valence-corrected chi connectivity index (χ0v) is 12.5. The molecule has 0 bridgehead atoms. The summed E-state index contributed by atoms with van der Waals surface area (Å²) in [5.41, 5.74) is -0.424. The van der Waals surface area contributed by atoms with Crippen LogP contribution < -0.4 is 10.6 Å². The number of ether oxygens (including phenoxy) is 1. The average Bonchev–Trinajstić information content (AvgIpc) is 2.46. The topological polar surface area (TPSA) is 70.6 Å². The fraction of sp³-hybridized carbons (Fsp3) is 0.933. The molecule has 5 nitrogen and oxygen atoms in total. The minimum atomic E-state index is -0.424. The molecule has 1 saturated carbocycles. The van der Waals surface area contributed by atoms with Crippen molar-refractivity contribution in [2.75, 3.05) is 26.3 Å². The lowest BCUT2D eigenvalue weighted by atomic mass is 9.77. The number of nitrogens with one attached hydrogen (secondary N) is 2. The van der Waals surface area contributed by atoms with Crippen LogP contribution in [-0.2, 0) is 9.53 Å². The lowest BCUT2D eigenvalue weighted by molar-refractivity contribution is -0.131. The number of hydrogen-bond acceptors (Lipinski definition) is 4. The van der Waals surface area contributed by atoms with Crippen molar-refractivity contribution in [3.05, 3.63) is 0 Å². The third kappa shape index (κ3) is 4.43. The second kappa shape index (κ2) is 7.38. The van der Waals surface area contributed by atoms with Gasteiger partial charge in [-0.1, -0.05) is 19.8 Å². The largest absolute Gasteiger partial charge is 0.394 e. The minimum Gasteiger partial charge on any atom is -0.394 e.